The van der Waals surface area contributed by atoms with Gasteiger partial charge in [0, 0.05) is 17.5 Å². The Morgan fingerprint density at radius 2 is 1.97 bits per heavy atom. The zero-order valence-corrected chi connectivity index (χ0v) is 16.5. The molecule has 2 amide bonds. The number of anilines is 2. The highest BCUT2D eigenvalue weighted by Gasteiger charge is 2.37. The van der Waals surface area contributed by atoms with Gasteiger partial charge in [0.25, 0.3) is 0 Å². The number of carbonyl (C=O) groups is 2. The Hall–Kier alpha value is -3.35. The molecule has 29 heavy (non-hydrogen) atoms. The van der Waals surface area contributed by atoms with Crippen molar-refractivity contribution in [3.05, 3.63) is 42.5 Å². The largest absolute Gasteiger partial charge is 0.493 e. The summed E-state index contributed by atoms with van der Waals surface area (Å²) in [5.74, 6) is 0.505. The fourth-order valence-electron chi connectivity index (χ4n) is 3.90. The molecule has 1 saturated carbocycles. The molecule has 2 aromatic rings. The van der Waals surface area contributed by atoms with Gasteiger partial charge in [0.05, 0.1) is 31.5 Å². The lowest BCUT2D eigenvalue weighted by Crippen LogP contribution is -2.41. The average molecular weight is 393 g/mol. The molecule has 150 valence electrons. The molecule has 1 heterocycles. The van der Waals surface area contributed by atoms with Crippen LogP contribution in [0.5, 0.6) is 11.5 Å². The Morgan fingerprint density at radius 1 is 1.17 bits per heavy atom. The third kappa shape index (κ3) is 3.68. The predicted octanol–water partition coefficient (Wildman–Crippen LogP) is 3.56. The first-order chi connectivity index (χ1) is 14.1. The second kappa shape index (κ2) is 7.95. The number of hydrogen-bond donors (Lipinski definition) is 1. The standard InChI is InChI=1S/C22H23N3O4/c1-28-19-11-10-14(12-20(19)29-2)23-21(26)13-25-18-9-4-3-7-17(18)24-16-8-5-6-15(16)22(25)27/h3-4,7,9-12,15H,5-6,8,13H2,1-2H3,(H,23,26)/t15-/m1/s1. The summed E-state index contributed by atoms with van der Waals surface area (Å²) in [6, 6.07) is 12.6. The number of amides is 2. The molecule has 1 N–H and O–H groups in total. The fraction of sp³-hybridized carbons (Fsp3) is 0.318. The van der Waals surface area contributed by atoms with Crippen molar-refractivity contribution in [2.75, 3.05) is 31.0 Å². The summed E-state index contributed by atoms with van der Waals surface area (Å²) >= 11 is 0. The summed E-state index contributed by atoms with van der Waals surface area (Å²) in [4.78, 5) is 32.3. The lowest BCUT2D eigenvalue weighted by molar-refractivity contribution is -0.122. The van der Waals surface area contributed by atoms with Gasteiger partial charge in [0.2, 0.25) is 11.8 Å². The van der Waals surface area contributed by atoms with Crippen LogP contribution in [-0.2, 0) is 9.59 Å². The van der Waals surface area contributed by atoms with E-state index in [2.05, 4.69) is 5.32 Å². The number of methoxy groups -OCH3 is 2. The molecule has 1 fully saturated rings. The summed E-state index contributed by atoms with van der Waals surface area (Å²) in [5, 5.41) is 2.84. The van der Waals surface area contributed by atoms with Gasteiger partial charge in [0.15, 0.2) is 11.5 Å². The number of para-hydroxylation sites is 2. The molecule has 7 heteroatoms. The molecular formula is C22H23N3O4. The molecular weight excluding hydrogens is 370 g/mol. The highest BCUT2D eigenvalue weighted by Crippen LogP contribution is 2.38. The number of nitrogens with zero attached hydrogens (tertiary/aromatic N) is 2. The van der Waals surface area contributed by atoms with Crippen LogP contribution in [0.15, 0.2) is 47.5 Å². The molecule has 0 radical (unpaired) electrons. The number of nitrogens with one attached hydrogen (secondary N) is 1. The van der Waals surface area contributed by atoms with Crippen LogP contribution >= 0.6 is 0 Å². The quantitative estimate of drug-likeness (QED) is 0.842. The summed E-state index contributed by atoms with van der Waals surface area (Å²) in [6.07, 6.45) is 2.55. The van der Waals surface area contributed by atoms with E-state index in [0.717, 1.165) is 30.7 Å². The van der Waals surface area contributed by atoms with Gasteiger partial charge in [0.1, 0.15) is 6.54 Å². The first-order valence-electron chi connectivity index (χ1n) is 9.60. The predicted molar refractivity (Wildman–Crippen MR) is 111 cm³/mol. The normalized spacial score (nSPS) is 17.7. The van der Waals surface area contributed by atoms with Crippen LogP contribution < -0.4 is 19.7 Å². The number of hydrogen-bond acceptors (Lipinski definition) is 5. The molecule has 0 saturated heterocycles. The van der Waals surface area contributed by atoms with Crippen molar-refractivity contribution in [2.24, 2.45) is 10.9 Å². The molecule has 2 aliphatic rings. The van der Waals surface area contributed by atoms with Crippen molar-refractivity contribution >= 4 is 34.6 Å². The maximum atomic E-state index is 13.2. The zero-order valence-electron chi connectivity index (χ0n) is 16.5. The molecule has 7 nitrogen and oxygen atoms in total. The van der Waals surface area contributed by atoms with Crippen LogP contribution in [0.4, 0.5) is 17.1 Å². The first-order valence-corrected chi connectivity index (χ1v) is 9.60. The molecule has 1 aliphatic carbocycles. The van der Waals surface area contributed by atoms with E-state index in [0.29, 0.717) is 22.9 Å². The second-order valence-electron chi connectivity index (χ2n) is 7.08. The van der Waals surface area contributed by atoms with Gasteiger partial charge in [-0.2, -0.15) is 0 Å². The summed E-state index contributed by atoms with van der Waals surface area (Å²) in [6.45, 7) is -0.0799. The lowest BCUT2D eigenvalue weighted by Gasteiger charge is -2.24. The van der Waals surface area contributed by atoms with Gasteiger partial charge in [-0.25, -0.2) is 0 Å². The number of fused-ring (bicyclic) bond motifs is 2. The molecule has 4 rings (SSSR count). The van der Waals surface area contributed by atoms with Crippen molar-refractivity contribution in [3.8, 4) is 11.5 Å². The fourth-order valence-corrected chi connectivity index (χ4v) is 3.90. The average Bonchev–Trinajstić information content (AvgIpc) is 3.16. The number of ether oxygens (including phenoxy) is 2. The Morgan fingerprint density at radius 3 is 2.76 bits per heavy atom. The Bertz CT molecular complexity index is 986. The molecule has 1 aliphatic heterocycles. The SMILES string of the molecule is COc1ccc(NC(=O)CN2C(=O)[C@@H]3CCCC3=Nc3ccccc32)cc1OC. The van der Waals surface area contributed by atoms with Gasteiger partial charge in [-0.15, -0.1) is 0 Å². The van der Waals surface area contributed by atoms with Crippen molar-refractivity contribution < 1.29 is 19.1 Å². The van der Waals surface area contributed by atoms with Crippen LogP contribution in [0.1, 0.15) is 19.3 Å². The minimum Gasteiger partial charge on any atom is -0.493 e. The Kier molecular flexibility index (Phi) is 5.20. The smallest absolute Gasteiger partial charge is 0.244 e. The van der Waals surface area contributed by atoms with E-state index in [9.17, 15) is 9.59 Å². The van der Waals surface area contributed by atoms with Crippen molar-refractivity contribution in [3.63, 3.8) is 0 Å². The van der Waals surface area contributed by atoms with Gasteiger partial charge in [-0.3, -0.25) is 14.6 Å². The van der Waals surface area contributed by atoms with Crippen LogP contribution in [0.2, 0.25) is 0 Å². The maximum absolute atomic E-state index is 13.2. The van der Waals surface area contributed by atoms with Crippen LogP contribution in [0, 0.1) is 5.92 Å². The Labute approximate surface area is 169 Å². The zero-order chi connectivity index (χ0) is 20.4. The lowest BCUT2D eigenvalue weighted by atomic mass is 10.1. The van der Waals surface area contributed by atoms with Crippen molar-refractivity contribution in [1.82, 2.24) is 0 Å². The number of rotatable bonds is 5. The van der Waals surface area contributed by atoms with Gasteiger partial charge in [-0.05, 0) is 43.5 Å². The minimum absolute atomic E-state index is 0.0614. The summed E-state index contributed by atoms with van der Waals surface area (Å²) in [7, 11) is 3.09. The number of benzene rings is 2. The summed E-state index contributed by atoms with van der Waals surface area (Å²) in [5.41, 5.74) is 2.90. The van der Waals surface area contributed by atoms with E-state index in [-0.39, 0.29) is 24.3 Å². The van der Waals surface area contributed by atoms with E-state index in [4.69, 9.17) is 14.5 Å². The van der Waals surface area contributed by atoms with Crippen molar-refractivity contribution in [1.29, 1.82) is 0 Å². The molecule has 0 spiro atoms. The van der Waals surface area contributed by atoms with Gasteiger partial charge >= 0.3 is 0 Å². The highest BCUT2D eigenvalue weighted by atomic mass is 16.5. The van der Waals surface area contributed by atoms with Crippen LogP contribution in [0.25, 0.3) is 0 Å². The topological polar surface area (TPSA) is 80.2 Å². The maximum Gasteiger partial charge on any atom is 0.244 e. The molecule has 0 bridgehead atoms. The Balaban J connectivity index is 1.57. The molecule has 0 unspecified atom stereocenters. The number of aliphatic imine (C=N–C) groups is 1. The van der Waals surface area contributed by atoms with E-state index in [1.165, 1.54) is 7.11 Å². The molecule has 0 aromatic heterocycles. The number of carbonyl (C=O) groups excluding carboxylic acids is 2. The third-order valence-electron chi connectivity index (χ3n) is 5.30. The minimum atomic E-state index is -0.290. The first kappa shape index (κ1) is 19.0. The second-order valence-corrected chi connectivity index (χ2v) is 7.08. The van der Waals surface area contributed by atoms with Crippen LogP contribution in [0.3, 0.4) is 0 Å². The summed E-state index contributed by atoms with van der Waals surface area (Å²) < 4.78 is 10.5. The van der Waals surface area contributed by atoms with E-state index in [1.807, 2.05) is 24.3 Å². The van der Waals surface area contributed by atoms with Gasteiger partial charge in [-0.1, -0.05) is 12.1 Å². The monoisotopic (exact) mass is 393 g/mol. The van der Waals surface area contributed by atoms with Crippen molar-refractivity contribution in [2.45, 2.75) is 19.3 Å². The van der Waals surface area contributed by atoms with E-state index in [1.54, 1.807) is 30.2 Å². The van der Waals surface area contributed by atoms with E-state index < -0.39 is 0 Å². The molecule has 2 aromatic carbocycles. The van der Waals surface area contributed by atoms with E-state index >= 15 is 0 Å². The van der Waals surface area contributed by atoms with Crippen LogP contribution in [-0.4, -0.2) is 38.3 Å². The molecule has 1 atom stereocenters. The van der Waals surface area contributed by atoms with Gasteiger partial charge < -0.3 is 19.7 Å². The highest BCUT2D eigenvalue weighted by molar-refractivity contribution is 6.16. The third-order valence-corrected chi connectivity index (χ3v) is 5.30.